The van der Waals surface area contributed by atoms with Gasteiger partial charge in [-0.2, -0.15) is 11.8 Å². The lowest BCUT2D eigenvalue weighted by Crippen LogP contribution is -2.58. The first kappa shape index (κ1) is 23.4. The fourth-order valence-electron chi connectivity index (χ4n) is 3.74. The van der Waals surface area contributed by atoms with Gasteiger partial charge in [-0.25, -0.2) is 24.1 Å². The second-order valence-electron chi connectivity index (χ2n) is 8.73. The van der Waals surface area contributed by atoms with Gasteiger partial charge in [-0.1, -0.05) is 0 Å². The van der Waals surface area contributed by atoms with E-state index >= 15 is 0 Å². The molecule has 0 saturated carbocycles. The summed E-state index contributed by atoms with van der Waals surface area (Å²) in [5.74, 6) is 1.32. The van der Waals surface area contributed by atoms with Crippen molar-refractivity contribution in [2.75, 3.05) is 38.2 Å². The summed E-state index contributed by atoms with van der Waals surface area (Å²) in [6.45, 7) is 9.75. The minimum absolute atomic E-state index is 0.103. The van der Waals surface area contributed by atoms with Crippen LogP contribution in [0.5, 0.6) is 0 Å². The molecule has 10 nitrogen and oxygen atoms in total. The first-order chi connectivity index (χ1) is 14.6. The number of thioether (sulfide) groups is 1. The monoisotopic (exact) mass is 452 g/mol. The number of nitrogens with zero attached hydrogens (tertiary/aromatic N) is 5. The summed E-state index contributed by atoms with van der Waals surface area (Å²) in [6.07, 6.45) is 3.64. The highest BCUT2D eigenvalue weighted by atomic mass is 32.2. The molecule has 2 aliphatic rings. The molecule has 3 rings (SSSR count). The number of piperazine rings is 1. The second kappa shape index (κ2) is 9.47. The smallest absolute Gasteiger partial charge is 0.408 e. The van der Waals surface area contributed by atoms with E-state index in [1.807, 2.05) is 18.2 Å². The van der Waals surface area contributed by atoms with E-state index in [9.17, 15) is 14.4 Å². The molecule has 1 aromatic rings. The largest absolute Gasteiger partial charge is 0.444 e. The Labute approximate surface area is 187 Å². The Morgan fingerprint density at radius 3 is 2.52 bits per heavy atom. The molecule has 172 valence electrons. The highest BCUT2D eigenvalue weighted by molar-refractivity contribution is 7.98. The summed E-state index contributed by atoms with van der Waals surface area (Å²) in [5, 5.41) is 6.44. The summed E-state index contributed by atoms with van der Waals surface area (Å²) in [6, 6.07) is -0.731. The second-order valence-corrected chi connectivity index (χ2v) is 9.72. The molecule has 1 atom stereocenters. The molecule has 0 bridgehead atoms. The Morgan fingerprint density at radius 1 is 1.26 bits per heavy atom. The van der Waals surface area contributed by atoms with E-state index in [2.05, 4.69) is 10.3 Å². The van der Waals surface area contributed by atoms with E-state index in [0.29, 0.717) is 45.0 Å². The van der Waals surface area contributed by atoms with Crippen molar-refractivity contribution in [2.45, 2.75) is 52.3 Å². The van der Waals surface area contributed by atoms with Crippen LogP contribution in [0.3, 0.4) is 0 Å². The molecule has 0 aromatic carbocycles. The zero-order valence-corrected chi connectivity index (χ0v) is 19.7. The van der Waals surface area contributed by atoms with Crippen molar-refractivity contribution in [1.29, 1.82) is 0 Å². The summed E-state index contributed by atoms with van der Waals surface area (Å²) in [7, 11) is 0. The molecule has 1 saturated heterocycles. The van der Waals surface area contributed by atoms with Gasteiger partial charge < -0.3 is 15.0 Å². The topological polar surface area (TPSA) is 100 Å². The summed E-state index contributed by atoms with van der Waals surface area (Å²) < 4.78 is 6.95. The Balaban J connectivity index is 1.57. The number of ether oxygens (including phenoxy) is 1. The average Bonchev–Trinajstić information content (AvgIpc) is 3.23. The zero-order valence-electron chi connectivity index (χ0n) is 18.9. The molecule has 3 amide bonds. The van der Waals surface area contributed by atoms with E-state index in [1.54, 1.807) is 53.2 Å². The quantitative estimate of drug-likeness (QED) is 0.701. The third kappa shape index (κ3) is 5.51. The van der Waals surface area contributed by atoms with Crippen LogP contribution < -0.4 is 5.32 Å². The van der Waals surface area contributed by atoms with Gasteiger partial charge in [-0.3, -0.25) is 9.80 Å². The highest BCUT2D eigenvalue weighted by Crippen LogP contribution is 2.21. The number of alkyl carbamates (subject to hydrolysis) is 1. The zero-order chi connectivity index (χ0) is 22.8. The number of hydrazine groups is 1. The number of fused-ring (bicyclic) bond motifs is 1. The van der Waals surface area contributed by atoms with Crippen molar-refractivity contribution in [2.24, 2.45) is 0 Å². The van der Waals surface area contributed by atoms with E-state index < -0.39 is 17.7 Å². The van der Waals surface area contributed by atoms with Crippen LogP contribution in [0, 0.1) is 6.92 Å². The molecule has 11 heteroatoms. The molecule has 0 spiro atoms. The third-order valence-electron chi connectivity index (χ3n) is 5.24. The molecule has 1 aromatic heterocycles. The number of hydrogen-bond acceptors (Lipinski definition) is 7. The molecule has 0 radical (unpaired) electrons. The normalized spacial score (nSPS) is 18.2. The fraction of sp³-hybridized carbons (Fsp3) is 0.700. The number of amides is 3. The number of rotatable bonds is 6. The molecular formula is C20H32N6O4S. The maximum atomic E-state index is 13.1. The minimum Gasteiger partial charge on any atom is -0.444 e. The lowest BCUT2D eigenvalue weighted by Gasteiger charge is -2.40. The van der Waals surface area contributed by atoms with Crippen molar-refractivity contribution in [3.8, 4) is 0 Å². The van der Waals surface area contributed by atoms with Crippen LogP contribution in [0.2, 0.25) is 0 Å². The van der Waals surface area contributed by atoms with Crippen molar-refractivity contribution in [3.05, 3.63) is 17.7 Å². The predicted molar refractivity (Wildman–Crippen MR) is 118 cm³/mol. The Morgan fingerprint density at radius 2 is 1.94 bits per heavy atom. The number of aryl methyl sites for hydroxylation is 1. The lowest BCUT2D eigenvalue weighted by molar-refractivity contribution is -0.137. The van der Waals surface area contributed by atoms with E-state index in [1.165, 1.54) is 0 Å². The first-order valence-corrected chi connectivity index (χ1v) is 11.9. The fourth-order valence-corrected chi connectivity index (χ4v) is 4.21. The maximum absolute atomic E-state index is 13.1. The number of carbonyl (C=O) groups is 3. The third-order valence-corrected chi connectivity index (χ3v) is 5.89. The Kier molecular flexibility index (Phi) is 7.15. The number of imidazole rings is 1. The predicted octanol–water partition coefficient (Wildman–Crippen LogP) is 1.68. The summed E-state index contributed by atoms with van der Waals surface area (Å²) in [4.78, 5) is 44.0. The molecule has 31 heavy (non-hydrogen) atoms. The van der Waals surface area contributed by atoms with Crippen molar-refractivity contribution in [1.82, 2.24) is 29.8 Å². The molecule has 0 aliphatic carbocycles. The van der Waals surface area contributed by atoms with Gasteiger partial charge in [0.1, 0.15) is 17.5 Å². The van der Waals surface area contributed by atoms with Gasteiger partial charge >= 0.3 is 12.1 Å². The molecule has 1 fully saturated rings. The standard InChI is InChI=1S/C20H32N6O4S/c1-14-21-12-15-13-25(19(29)26(14)15)24-9-7-23(8-10-24)17(27)16(6-11-31-5)22-18(28)30-20(2,3)4/h12,16H,6-11,13H2,1-5H3,(H,22,28)/t16-/m1/s1. The SMILES string of the molecule is CSCC[C@@H](NC(=O)OC(C)(C)C)C(=O)N1CCN(N2Cc3cnc(C)n3C2=O)CC1. The highest BCUT2D eigenvalue weighted by Gasteiger charge is 2.36. The number of aromatic nitrogens is 2. The summed E-state index contributed by atoms with van der Waals surface area (Å²) in [5.41, 5.74) is 0.248. The van der Waals surface area contributed by atoms with Crippen LogP contribution in [0.1, 0.15) is 38.7 Å². The molecule has 1 N–H and O–H groups in total. The number of hydrogen-bond donors (Lipinski definition) is 1. The lowest BCUT2D eigenvalue weighted by atomic mass is 10.1. The molecule has 3 heterocycles. The van der Waals surface area contributed by atoms with Crippen LogP contribution in [0.25, 0.3) is 0 Å². The van der Waals surface area contributed by atoms with Gasteiger partial charge in [0.25, 0.3) is 0 Å². The van der Waals surface area contributed by atoms with E-state index in [4.69, 9.17) is 4.74 Å². The first-order valence-electron chi connectivity index (χ1n) is 10.5. The molecule has 0 unspecified atom stereocenters. The van der Waals surface area contributed by atoms with Crippen LogP contribution >= 0.6 is 11.8 Å². The van der Waals surface area contributed by atoms with Crippen molar-refractivity contribution < 1.29 is 19.1 Å². The van der Waals surface area contributed by atoms with Gasteiger partial charge in [0.2, 0.25) is 5.91 Å². The van der Waals surface area contributed by atoms with Crippen LogP contribution in [0.4, 0.5) is 9.59 Å². The van der Waals surface area contributed by atoms with Crippen molar-refractivity contribution in [3.63, 3.8) is 0 Å². The van der Waals surface area contributed by atoms with E-state index in [0.717, 1.165) is 11.4 Å². The van der Waals surface area contributed by atoms with Crippen molar-refractivity contribution >= 4 is 29.8 Å². The Hall–Kier alpha value is -2.27. The van der Waals surface area contributed by atoms with Crippen LogP contribution in [-0.2, 0) is 16.1 Å². The minimum atomic E-state index is -0.628. The van der Waals surface area contributed by atoms with Gasteiger partial charge in [0.05, 0.1) is 18.4 Å². The number of nitrogens with one attached hydrogen (secondary N) is 1. The van der Waals surface area contributed by atoms with Gasteiger partial charge in [-0.05, 0) is 46.1 Å². The van der Waals surface area contributed by atoms with Crippen LogP contribution in [-0.4, -0.2) is 92.3 Å². The van der Waals surface area contributed by atoms with Crippen LogP contribution in [0.15, 0.2) is 6.20 Å². The maximum Gasteiger partial charge on any atom is 0.408 e. The summed E-state index contributed by atoms with van der Waals surface area (Å²) >= 11 is 1.63. The average molecular weight is 453 g/mol. The van der Waals surface area contributed by atoms with Gasteiger partial charge in [0, 0.05) is 26.2 Å². The van der Waals surface area contributed by atoms with E-state index in [-0.39, 0.29) is 11.9 Å². The number of carbonyl (C=O) groups excluding carboxylic acids is 3. The van der Waals surface area contributed by atoms with Gasteiger partial charge in [0.15, 0.2) is 0 Å². The molecular weight excluding hydrogens is 420 g/mol. The Bertz CT molecular complexity index is 828. The molecule has 2 aliphatic heterocycles. The van der Waals surface area contributed by atoms with Gasteiger partial charge in [-0.15, -0.1) is 0 Å².